The smallest absolute Gasteiger partial charge is 0.222 e. The first kappa shape index (κ1) is 18.2. The summed E-state index contributed by atoms with van der Waals surface area (Å²) in [6.45, 7) is 2.21. The summed E-state index contributed by atoms with van der Waals surface area (Å²) in [5, 5.41) is 6.72. The number of hydrogen-bond donors (Lipinski definition) is 2. The van der Waals surface area contributed by atoms with Crippen LogP contribution in [-0.4, -0.2) is 31.7 Å². The number of carbonyl (C=O) groups excluding carboxylic acids is 1. The third-order valence-electron chi connectivity index (χ3n) is 4.84. The van der Waals surface area contributed by atoms with Crippen molar-refractivity contribution in [3.05, 3.63) is 35.9 Å². The first-order chi connectivity index (χ1) is 10.8. The Balaban J connectivity index is 0.00000192. The molecule has 2 fully saturated rings. The van der Waals surface area contributed by atoms with E-state index < -0.39 is 0 Å². The minimum atomic E-state index is -0.174. The molecule has 1 unspecified atom stereocenters. The Labute approximate surface area is 144 Å². The molecule has 1 heterocycles. The van der Waals surface area contributed by atoms with E-state index in [2.05, 4.69) is 34.9 Å². The second-order valence-corrected chi connectivity index (χ2v) is 6.49. The van der Waals surface area contributed by atoms with Gasteiger partial charge in [0, 0.05) is 19.0 Å². The van der Waals surface area contributed by atoms with Gasteiger partial charge in [0.2, 0.25) is 5.91 Å². The van der Waals surface area contributed by atoms with Gasteiger partial charge in [-0.15, -0.1) is 12.4 Å². The summed E-state index contributed by atoms with van der Waals surface area (Å²) in [6, 6.07) is 10.6. The van der Waals surface area contributed by atoms with E-state index in [0.717, 1.165) is 26.0 Å². The van der Waals surface area contributed by atoms with Gasteiger partial charge in [0.1, 0.15) is 0 Å². The summed E-state index contributed by atoms with van der Waals surface area (Å²) in [6.07, 6.45) is 6.20. The number of rotatable bonds is 4. The fourth-order valence-corrected chi connectivity index (χ4v) is 3.69. The van der Waals surface area contributed by atoms with Crippen LogP contribution in [-0.2, 0) is 15.1 Å². The molecule has 1 aromatic rings. The van der Waals surface area contributed by atoms with Crippen LogP contribution in [0.15, 0.2) is 30.3 Å². The Morgan fingerprint density at radius 1 is 1.22 bits per heavy atom. The summed E-state index contributed by atoms with van der Waals surface area (Å²) in [4.78, 5) is 12.6. The fourth-order valence-electron chi connectivity index (χ4n) is 3.69. The van der Waals surface area contributed by atoms with Gasteiger partial charge in [-0.2, -0.15) is 0 Å². The number of hydrogen-bond acceptors (Lipinski definition) is 3. The van der Waals surface area contributed by atoms with Crippen molar-refractivity contribution in [2.75, 3.05) is 19.8 Å². The first-order valence-corrected chi connectivity index (χ1v) is 8.46. The van der Waals surface area contributed by atoms with Gasteiger partial charge in [-0.3, -0.25) is 4.79 Å². The molecule has 4 nitrogen and oxygen atoms in total. The molecule has 5 heteroatoms. The second kappa shape index (κ2) is 8.67. The normalized spacial score (nSPS) is 23.6. The van der Waals surface area contributed by atoms with E-state index in [0.29, 0.717) is 13.0 Å². The molecule has 1 saturated heterocycles. The first-order valence-electron chi connectivity index (χ1n) is 8.46. The molecule has 2 aliphatic rings. The van der Waals surface area contributed by atoms with E-state index in [1.807, 2.05) is 6.07 Å². The zero-order valence-electron chi connectivity index (χ0n) is 13.6. The largest absolute Gasteiger partial charge is 0.378 e. The maximum atomic E-state index is 12.6. The molecular formula is C18H27ClN2O2. The number of morpholine rings is 1. The molecule has 3 rings (SSSR count). The molecule has 0 bridgehead atoms. The number of amides is 1. The number of carbonyl (C=O) groups is 1. The highest BCUT2D eigenvalue weighted by Gasteiger charge is 2.35. The third kappa shape index (κ3) is 4.69. The van der Waals surface area contributed by atoms with Gasteiger partial charge in [0.05, 0.1) is 18.8 Å². The van der Waals surface area contributed by atoms with Crippen LogP contribution in [0, 0.1) is 0 Å². The SMILES string of the molecule is Cl.O=C(CC1COCCN1)NC1(c2ccccc2)CCCCC1. The monoisotopic (exact) mass is 338 g/mol. The highest BCUT2D eigenvalue weighted by Crippen LogP contribution is 2.37. The van der Waals surface area contributed by atoms with E-state index in [4.69, 9.17) is 4.74 Å². The molecular weight excluding hydrogens is 312 g/mol. The number of ether oxygens (including phenoxy) is 1. The molecule has 1 aromatic carbocycles. The summed E-state index contributed by atoms with van der Waals surface area (Å²) >= 11 is 0. The molecule has 1 saturated carbocycles. The molecule has 128 valence electrons. The Hall–Kier alpha value is -1.10. The van der Waals surface area contributed by atoms with Gasteiger partial charge in [0.15, 0.2) is 0 Å². The topological polar surface area (TPSA) is 50.4 Å². The zero-order chi connectivity index (χ0) is 15.3. The average Bonchev–Trinajstić information content (AvgIpc) is 2.57. The Morgan fingerprint density at radius 3 is 2.61 bits per heavy atom. The summed E-state index contributed by atoms with van der Waals surface area (Å²) in [5.41, 5.74) is 1.07. The summed E-state index contributed by atoms with van der Waals surface area (Å²) in [7, 11) is 0. The van der Waals surface area contributed by atoms with E-state index in [9.17, 15) is 4.79 Å². The van der Waals surface area contributed by atoms with Crippen molar-refractivity contribution in [2.45, 2.75) is 50.1 Å². The maximum Gasteiger partial charge on any atom is 0.222 e. The molecule has 1 atom stereocenters. The predicted octanol–water partition coefficient (Wildman–Crippen LogP) is 2.76. The minimum absolute atomic E-state index is 0. The summed E-state index contributed by atoms with van der Waals surface area (Å²) < 4.78 is 5.44. The van der Waals surface area contributed by atoms with Crippen LogP contribution in [0.3, 0.4) is 0 Å². The van der Waals surface area contributed by atoms with Crippen molar-refractivity contribution in [3.8, 4) is 0 Å². The van der Waals surface area contributed by atoms with Gasteiger partial charge in [-0.25, -0.2) is 0 Å². The van der Waals surface area contributed by atoms with Crippen LogP contribution >= 0.6 is 12.4 Å². The number of halogens is 1. The lowest BCUT2D eigenvalue weighted by Gasteiger charge is -2.39. The van der Waals surface area contributed by atoms with E-state index >= 15 is 0 Å². The van der Waals surface area contributed by atoms with Crippen molar-refractivity contribution in [1.29, 1.82) is 0 Å². The van der Waals surface area contributed by atoms with Crippen LogP contribution in [0.1, 0.15) is 44.1 Å². The number of nitrogens with one attached hydrogen (secondary N) is 2. The lowest BCUT2D eigenvalue weighted by Crippen LogP contribution is -2.50. The van der Waals surface area contributed by atoms with E-state index in [1.165, 1.54) is 24.8 Å². The molecule has 1 amide bonds. The molecule has 2 N–H and O–H groups in total. The van der Waals surface area contributed by atoms with E-state index in [-0.39, 0.29) is 29.9 Å². The van der Waals surface area contributed by atoms with Crippen LogP contribution in [0.5, 0.6) is 0 Å². The fraction of sp³-hybridized carbons (Fsp3) is 0.611. The number of benzene rings is 1. The van der Waals surface area contributed by atoms with Crippen LogP contribution in [0.2, 0.25) is 0 Å². The maximum absolute atomic E-state index is 12.6. The van der Waals surface area contributed by atoms with Gasteiger partial charge in [-0.05, 0) is 18.4 Å². The Kier molecular flexibility index (Phi) is 6.88. The van der Waals surface area contributed by atoms with Gasteiger partial charge < -0.3 is 15.4 Å². The van der Waals surface area contributed by atoms with Crippen molar-refractivity contribution in [3.63, 3.8) is 0 Å². The van der Waals surface area contributed by atoms with Gasteiger partial charge in [0.25, 0.3) is 0 Å². The Morgan fingerprint density at radius 2 is 1.96 bits per heavy atom. The van der Waals surface area contributed by atoms with E-state index in [1.54, 1.807) is 0 Å². The average molecular weight is 339 g/mol. The van der Waals surface area contributed by atoms with Crippen molar-refractivity contribution in [2.24, 2.45) is 0 Å². The lowest BCUT2D eigenvalue weighted by atomic mass is 9.76. The highest BCUT2D eigenvalue weighted by molar-refractivity contribution is 5.85. The van der Waals surface area contributed by atoms with Gasteiger partial charge >= 0.3 is 0 Å². The highest BCUT2D eigenvalue weighted by atomic mass is 35.5. The third-order valence-corrected chi connectivity index (χ3v) is 4.84. The molecule has 0 aromatic heterocycles. The summed E-state index contributed by atoms with van der Waals surface area (Å²) in [5.74, 6) is 0.133. The van der Waals surface area contributed by atoms with Crippen molar-refractivity contribution >= 4 is 18.3 Å². The van der Waals surface area contributed by atoms with Crippen LogP contribution < -0.4 is 10.6 Å². The molecule has 0 radical (unpaired) electrons. The molecule has 23 heavy (non-hydrogen) atoms. The van der Waals surface area contributed by atoms with Gasteiger partial charge in [-0.1, -0.05) is 49.6 Å². The predicted molar refractivity (Wildman–Crippen MR) is 93.8 cm³/mol. The van der Waals surface area contributed by atoms with Crippen LogP contribution in [0.4, 0.5) is 0 Å². The second-order valence-electron chi connectivity index (χ2n) is 6.49. The molecule has 0 spiro atoms. The lowest BCUT2D eigenvalue weighted by molar-refractivity contribution is -0.124. The Bertz CT molecular complexity index is 483. The van der Waals surface area contributed by atoms with Crippen LogP contribution in [0.25, 0.3) is 0 Å². The molecule has 1 aliphatic heterocycles. The zero-order valence-corrected chi connectivity index (χ0v) is 14.4. The van der Waals surface area contributed by atoms with Crippen molar-refractivity contribution in [1.82, 2.24) is 10.6 Å². The molecule has 1 aliphatic carbocycles. The quantitative estimate of drug-likeness (QED) is 0.887. The minimum Gasteiger partial charge on any atom is -0.378 e. The standard InChI is InChI=1S/C18H26N2O2.ClH/c21-17(13-16-14-22-12-11-19-16)20-18(9-5-2-6-10-18)15-7-3-1-4-8-15;/h1,3-4,7-8,16,19H,2,5-6,9-14H2,(H,20,21);1H. The van der Waals surface area contributed by atoms with Crippen molar-refractivity contribution < 1.29 is 9.53 Å².